The molecule has 9 heteroatoms. The third kappa shape index (κ3) is 4.16. The summed E-state index contributed by atoms with van der Waals surface area (Å²) in [5.74, 6) is 0.220. The second-order valence-electron chi connectivity index (χ2n) is 6.65. The van der Waals surface area contributed by atoms with Crippen molar-refractivity contribution in [2.75, 3.05) is 18.4 Å². The number of β-amino-alcohol motifs (C(OH)–C–C–N with tert-alkyl or cyclic N) is 1. The van der Waals surface area contributed by atoms with Crippen LogP contribution >= 0.6 is 0 Å². The van der Waals surface area contributed by atoms with Gasteiger partial charge >= 0.3 is 12.2 Å². The molecule has 2 N–H and O–H groups in total. The summed E-state index contributed by atoms with van der Waals surface area (Å²) in [4.78, 5) is 13.8. The number of halogens is 3. The van der Waals surface area contributed by atoms with E-state index in [1.807, 2.05) is 0 Å². The average Bonchev–Trinajstić information content (AvgIpc) is 3.02. The van der Waals surface area contributed by atoms with Crippen molar-refractivity contribution >= 4 is 11.8 Å². The molecule has 2 aromatic rings. The molecular formula is C17H19F3N4O2. The second kappa shape index (κ2) is 6.64. The van der Waals surface area contributed by atoms with Crippen molar-refractivity contribution in [3.8, 4) is 5.69 Å². The number of aromatic nitrogens is 2. The van der Waals surface area contributed by atoms with Crippen LogP contribution in [0.2, 0.25) is 0 Å². The maximum atomic E-state index is 12.8. The summed E-state index contributed by atoms with van der Waals surface area (Å²) in [6, 6.07) is 5.86. The summed E-state index contributed by atoms with van der Waals surface area (Å²) >= 11 is 0. The fourth-order valence-corrected chi connectivity index (χ4v) is 2.94. The number of likely N-dealkylation sites (tertiary alicyclic amines) is 1. The largest absolute Gasteiger partial charge is 0.416 e. The zero-order valence-electron chi connectivity index (χ0n) is 14.1. The number of alkyl halides is 3. The van der Waals surface area contributed by atoms with Gasteiger partial charge in [0.1, 0.15) is 0 Å². The molecule has 3 rings (SSSR count). The van der Waals surface area contributed by atoms with E-state index in [0.717, 1.165) is 12.1 Å². The molecule has 0 saturated carbocycles. The fourth-order valence-electron chi connectivity index (χ4n) is 2.94. The minimum atomic E-state index is -4.44. The highest BCUT2D eigenvalue weighted by molar-refractivity contribution is 5.88. The third-order valence-electron chi connectivity index (χ3n) is 4.22. The van der Waals surface area contributed by atoms with Crippen molar-refractivity contribution < 1.29 is 23.1 Å². The minimum absolute atomic E-state index is 0.215. The molecule has 1 saturated heterocycles. The van der Waals surface area contributed by atoms with Crippen LogP contribution in [-0.4, -0.2) is 44.5 Å². The molecule has 140 valence electrons. The van der Waals surface area contributed by atoms with Crippen LogP contribution in [0.25, 0.3) is 5.69 Å². The number of aliphatic hydroxyl groups is 1. The molecule has 1 aromatic heterocycles. The van der Waals surface area contributed by atoms with Crippen molar-refractivity contribution in [3.05, 3.63) is 42.1 Å². The molecule has 1 fully saturated rings. The smallest absolute Gasteiger partial charge is 0.388 e. The Morgan fingerprint density at radius 2 is 2.12 bits per heavy atom. The first-order valence-corrected chi connectivity index (χ1v) is 8.16. The van der Waals surface area contributed by atoms with Gasteiger partial charge in [0.25, 0.3) is 0 Å². The van der Waals surface area contributed by atoms with E-state index < -0.39 is 23.4 Å². The number of amides is 2. The molecule has 1 aromatic carbocycles. The molecule has 2 amide bonds. The van der Waals surface area contributed by atoms with Gasteiger partial charge in [-0.05, 0) is 38.0 Å². The Morgan fingerprint density at radius 1 is 1.35 bits per heavy atom. The Hall–Kier alpha value is -2.55. The topological polar surface area (TPSA) is 70.4 Å². The molecule has 1 aliphatic rings. The summed E-state index contributed by atoms with van der Waals surface area (Å²) in [5.41, 5.74) is -1.46. The molecule has 0 bridgehead atoms. The normalized spacial score (nSPS) is 20.9. The van der Waals surface area contributed by atoms with E-state index in [-0.39, 0.29) is 18.1 Å². The average molecular weight is 368 g/mol. The molecule has 2 heterocycles. The first-order valence-electron chi connectivity index (χ1n) is 8.16. The van der Waals surface area contributed by atoms with Crippen LogP contribution in [0.1, 0.15) is 25.3 Å². The zero-order chi connectivity index (χ0) is 18.9. The Kier molecular flexibility index (Phi) is 4.66. The molecule has 0 aliphatic carbocycles. The highest BCUT2D eigenvalue weighted by Crippen LogP contribution is 2.30. The van der Waals surface area contributed by atoms with Gasteiger partial charge in [0, 0.05) is 18.8 Å². The summed E-state index contributed by atoms with van der Waals surface area (Å²) in [6.07, 6.45) is -1.65. The quantitative estimate of drug-likeness (QED) is 0.855. The Morgan fingerprint density at radius 3 is 2.81 bits per heavy atom. The van der Waals surface area contributed by atoms with Gasteiger partial charge in [-0.25, -0.2) is 9.48 Å². The number of carbonyl (C=O) groups excluding carboxylic acids is 1. The molecular weight excluding hydrogens is 349 g/mol. The number of benzene rings is 1. The Balaban J connectivity index is 1.71. The summed E-state index contributed by atoms with van der Waals surface area (Å²) in [7, 11) is 0. The SMILES string of the molecule is CC1(O)CCCN(C(=O)Nc2ccn(-c3cccc(C(F)(F)F)c3)n2)C1. The number of nitrogens with zero attached hydrogens (tertiary/aromatic N) is 3. The Labute approximate surface area is 148 Å². The van der Waals surface area contributed by atoms with Crippen molar-refractivity contribution in [2.45, 2.75) is 31.5 Å². The number of hydrogen-bond acceptors (Lipinski definition) is 3. The van der Waals surface area contributed by atoms with Gasteiger partial charge in [0.05, 0.1) is 23.4 Å². The number of carbonyl (C=O) groups is 1. The van der Waals surface area contributed by atoms with Gasteiger partial charge < -0.3 is 10.0 Å². The van der Waals surface area contributed by atoms with Gasteiger partial charge in [-0.1, -0.05) is 6.07 Å². The molecule has 1 aliphatic heterocycles. The van der Waals surface area contributed by atoms with E-state index in [2.05, 4.69) is 10.4 Å². The van der Waals surface area contributed by atoms with Crippen LogP contribution in [0.5, 0.6) is 0 Å². The number of piperidine rings is 1. The molecule has 1 unspecified atom stereocenters. The minimum Gasteiger partial charge on any atom is -0.388 e. The lowest BCUT2D eigenvalue weighted by Crippen LogP contribution is -2.50. The van der Waals surface area contributed by atoms with Gasteiger partial charge in [-0.15, -0.1) is 5.10 Å². The van der Waals surface area contributed by atoms with Crippen LogP contribution < -0.4 is 5.32 Å². The second-order valence-corrected chi connectivity index (χ2v) is 6.65. The molecule has 0 spiro atoms. The van der Waals surface area contributed by atoms with E-state index in [9.17, 15) is 23.1 Å². The number of hydrogen-bond donors (Lipinski definition) is 2. The summed E-state index contributed by atoms with van der Waals surface area (Å²) in [5, 5.41) is 16.8. The van der Waals surface area contributed by atoms with E-state index in [0.29, 0.717) is 19.4 Å². The van der Waals surface area contributed by atoms with Crippen LogP contribution in [0.4, 0.5) is 23.8 Å². The Bertz CT molecular complexity index is 801. The lowest BCUT2D eigenvalue weighted by molar-refractivity contribution is -0.137. The van der Waals surface area contributed by atoms with Crippen LogP contribution in [0.15, 0.2) is 36.5 Å². The van der Waals surface area contributed by atoms with Crippen LogP contribution in [0, 0.1) is 0 Å². The predicted octanol–water partition coefficient (Wildman–Crippen LogP) is 3.27. The summed E-state index contributed by atoms with van der Waals surface area (Å²) in [6.45, 7) is 2.41. The maximum absolute atomic E-state index is 12.8. The zero-order valence-corrected chi connectivity index (χ0v) is 14.1. The van der Waals surface area contributed by atoms with Gasteiger partial charge in [0.15, 0.2) is 5.82 Å². The van der Waals surface area contributed by atoms with E-state index >= 15 is 0 Å². The number of urea groups is 1. The lowest BCUT2D eigenvalue weighted by Gasteiger charge is -2.36. The van der Waals surface area contributed by atoms with Gasteiger partial charge in [0.2, 0.25) is 0 Å². The van der Waals surface area contributed by atoms with Gasteiger partial charge in [-0.2, -0.15) is 13.2 Å². The number of rotatable bonds is 2. The molecule has 6 nitrogen and oxygen atoms in total. The first-order chi connectivity index (χ1) is 12.1. The first kappa shape index (κ1) is 18.2. The van der Waals surface area contributed by atoms with Crippen LogP contribution in [-0.2, 0) is 6.18 Å². The highest BCUT2D eigenvalue weighted by Gasteiger charge is 2.32. The number of nitrogens with one attached hydrogen (secondary N) is 1. The predicted molar refractivity (Wildman–Crippen MR) is 89.0 cm³/mol. The third-order valence-corrected chi connectivity index (χ3v) is 4.22. The summed E-state index contributed by atoms with van der Waals surface area (Å²) < 4.78 is 39.7. The van der Waals surface area contributed by atoms with Crippen molar-refractivity contribution in [3.63, 3.8) is 0 Å². The van der Waals surface area contributed by atoms with E-state index in [4.69, 9.17) is 0 Å². The van der Waals surface area contributed by atoms with Crippen molar-refractivity contribution in [1.29, 1.82) is 0 Å². The lowest BCUT2D eigenvalue weighted by atomic mass is 9.95. The van der Waals surface area contributed by atoms with Crippen molar-refractivity contribution in [2.24, 2.45) is 0 Å². The molecule has 1 atom stereocenters. The van der Waals surface area contributed by atoms with Gasteiger partial charge in [-0.3, -0.25) is 5.32 Å². The fraction of sp³-hybridized carbons (Fsp3) is 0.412. The van der Waals surface area contributed by atoms with E-state index in [1.54, 1.807) is 6.92 Å². The van der Waals surface area contributed by atoms with E-state index in [1.165, 1.54) is 34.0 Å². The molecule has 0 radical (unpaired) electrons. The monoisotopic (exact) mass is 368 g/mol. The molecule has 26 heavy (non-hydrogen) atoms. The van der Waals surface area contributed by atoms with Crippen LogP contribution in [0.3, 0.4) is 0 Å². The highest BCUT2D eigenvalue weighted by atomic mass is 19.4. The van der Waals surface area contributed by atoms with Crippen molar-refractivity contribution in [1.82, 2.24) is 14.7 Å². The standard InChI is InChI=1S/C17H19F3N4O2/c1-16(26)7-3-8-23(11-16)15(25)21-14-6-9-24(22-14)13-5-2-4-12(10-13)17(18,19)20/h2,4-6,9-10,26H,3,7-8,11H2,1H3,(H,21,22,25). The maximum Gasteiger partial charge on any atom is 0.416 e. The number of anilines is 1.